The van der Waals surface area contributed by atoms with Crippen LogP contribution in [0.3, 0.4) is 0 Å². The van der Waals surface area contributed by atoms with Crippen LogP contribution in [0.15, 0.2) is 42.5 Å². The van der Waals surface area contributed by atoms with Crippen LogP contribution < -0.4 is 5.32 Å². The zero-order chi connectivity index (χ0) is 14.4. The Morgan fingerprint density at radius 1 is 1.15 bits per heavy atom. The molecule has 0 radical (unpaired) electrons. The molecule has 0 aliphatic rings. The topological polar surface area (TPSA) is 32.3 Å². The van der Waals surface area contributed by atoms with Gasteiger partial charge in [-0.2, -0.15) is 0 Å². The number of carbonyl (C=O) groups is 1. The van der Waals surface area contributed by atoms with Gasteiger partial charge in [0.25, 0.3) is 0 Å². The highest BCUT2D eigenvalue weighted by molar-refractivity contribution is 5.83. The predicted octanol–water partition coefficient (Wildman–Crippen LogP) is 2.80. The van der Waals surface area contributed by atoms with Crippen molar-refractivity contribution in [2.24, 2.45) is 0 Å². The van der Waals surface area contributed by atoms with Gasteiger partial charge in [-0.1, -0.05) is 43.3 Å². The van der Waals surface area contributed by atoms with E-state index in [1.54, 1.807) is 4.90 Å². The van der Waals surface area contributed by atoms with Crippen LogP contribution in [0, 0.1) is 0 Å². The Morgan fingerprint density at radius 2 is 1.90 bits per heavy atom. The van der Waals surface area contributed by atoms with Crippen molar-refractivity contribution in [3.05, 3.63) is 48.0 Å². The Labute approximate surface area is 120 Å². The Balaban J connectivity index is 1.98. The third-order valence-corrected chi connectivity index (χ3v) is 3.36. The molecule has 2 rings (SSSR count). The van der Waals surface area contributed by atoms with Crippen molar-refractivity contribution >= 4 is 16.7 Å². The van der Waals surface area contributed by atoms with E-state index in [4.69, 9.17) is 0 Å². The predicted molar refractivity (Wildman–Crippen MR) is 83.6 cm³/mol. The van der Waals surface area contributed by atoms with E-state index in [2.05, 4.69) is 42.6 Å². The quantitative estimate of drug-likeness (QED) is 0.819. The first-order valence-electron chi connectivity index (χ1n) is 7.13. The van der Waals surface area contributed by atoms with E-state index in [0.717, 1.165) is 18.5 Å². The second-order valence-corrected chi connectivity index (χ2v) is 5.11. The lowest BCUT2D eigenvalue weighted by Gasteiger charge is -2.18. The molecule has 3 nitrogen and oxygen atoms in total. The molecule has 0 saturated carbocycles. The number of likely N-dealkylation sites (N-methyl/N-ethyl adjacent to an activating group) is 1. The first kappa shape index (κ1) is 14.5. The van der Waals surface area contributed by atoms with Crippen LogP contribution in [-0.4, -0.2) is 30.9 Å². The average molecular weight is 270 g/mol. The first-order chi connectivity index (χ1) is 9.70. The fourth-order valence-electron chi connectivity index (χ4n) is 2.21. The standard InChI is InChI=1S/C17H22N2O/c1-3-10-18-12-17(20)19(2)13-14-8-9-15-6-4-5-7-16(15)11-14/h4-9,11,18H,3,10,12-13H2,1-2H3. The van der Waals surface area contributed by atoms with Crippen LogP contribution in [-0.2, 0) is 11.3 Å². The molecule has 20 heavy (non-hydrogen) atoms. The highest BCUT2D eigenvalue weighted by atomic mass is 16.2. The summed E-state index contributed by atoms with van der Waals surface area (Å²) >= 11 is 0. The summed E-state index contributed by atoms with van der Waals surface area (Å²) in [6.45, 7) is 4.04. The van der Waals surface area contributed by atoms with Crippen LogP contribution in [0.5, 0.6) is 0 Å². The molecule has 0 saturated heterocycles. The van der Waals surface area contributed by atoms with E-state index in [0.29, 0.717) is 13.1 Å². The van der Waals surface area contributed by atoms with Gasteiger partial charge in [-0.05, 0) is 35.4 Å². The zero-order valence-corrected chi connectivity index (χ0v) is 12.2. The maximum absolute atomic E-state index is 11.9. The summed E-state index contributed by atoms with van der Waals surface area (Å²) < 4.78 is 0. The molecule has 0 aliphatic carbocycles. The lowest BCUT2D eigenvalue weighted by Crippen LogP contribution is -2.35. The molecule has 2 aromatic rings. The molecule has 1 amide bonds. The summed E-state index contributed by atoms with van der Waals surface area (Å²) in [5.74, 6) is 0.131. The molecule has 0 atom stereocenters. The van der Waals surface area contributed by atoms with Crippen molar-refractivity contribution in [2.45, 2.75) is 19.9 Å². The van der Waals surface area contributed by atoms with Gasteiger partial charge in [0.1, 0.15) is 0 Å². The number of benzene rings is 2. The molecule has 0 spiro atoms. The minimum absolute atomic E-state index is 0.131. The lowest BCUT2D eigenvalue weighted by molar-refractivity contribution is -0.129. The van der Waals surface area contributed by atoms with E-state index in [1.165, 1.54) is 10.8 Å². The summed E-state index contributed by atoms with van der Waals surface area (Å²) in [4.78, 5) is 13.7. The number of hydrogen-bond donors (Lipinski definition) is 1. The Hall–Kier alpha value is -1.87. The van der Waals surface area contributed by atoms with Crippen molar-refractivity contribution in [2.75, 3.05) is 20.1 Å². The fourth-order valence-corrected chi connectivity index (χ4v) is 2.21. The summed E-state index contributed by atoms with van der Waals surface area (Å²) in [7, 11) is 1.85. The van der Waals surface area contributed by atoms with Crippen molar-refractivity contribution in [1.82, 2.24) is 10.2 Å². The van der Waals surface area contributed by atoms with Crippen molar-refractivity contribution in [1.29, 1.82) is 0 Å². The summed E-state index contributed by atoms with van der Waals surface area (Å²) in [5.41, 5.74) is 1.16. The Kier molecular flexibility index (Phi) is 5.13. The molecule has 2 aromatic carbocycles. The molecule has 0 heterocycles. The molecule has 1 N–H and O–H groups in total. The van der Waals surface area contributed by atoms with Crippen molar-refractivity contribution < 1.29 is 4.79 Å². The summed E-state index contributed by atoms with van der Waals surface area (Å²) in [6, 6.07) is 14.6. The fraction of sp³-hybridized carbons (Fsp3) is 0.353. The second kappa shape index (κ2) is 7.06. The number of rotatable bonds is 6. The van der Waals surface area contributed by atoms with Gasteiger partial charge in [0.2, 0.25) is 5.91 Å². The molecule has 3 heteroatoms. The van der Waals surface area contributed by atoms with E-state index in [1.807, 2.05) is 19.2 Å². The van der Waals surface area contributed by atoms with Gasteiger partial charge in [0.05, 0.1) is 6.54 Å². The molecule has 0 bridgehead atoms. The van der Waals surface area contributed by atoms with Gasteiger partial charge in [0.15, 0.2) is 0 Å². The van der Waals surface area contributed by atoms with Crippen molar-refractivity contribution in [3.63, 3.8) is 0 Å². The van der Waals surface area contributed by atoms with Crippen LogP contribution >= 0.6 is 0 Å². The number of amides is 1. The van der Waals surface area contributed by atoms with Crippen molar-refractivity contribution in [3.8, 4) is 0 Å². The molecular weight excluding hydrogens is 248 g/mol. The van der Waals surface area contributed by atoms with Gasteiger partial charge in [-0.15, -0.1) is 0 Å². The lowest BCUT2D eigenvalue weighted by atomic mass is 10.1. The summed E-state index contributed by atoms with van der Waals surface area (Å²) in [6.07, 6.45) is 1.04. The maximum atomic E-state index is 11.9. The monoisotopic (exact) mass is 270 g/mol. The number of carbonyl (C=O) groups excluding carboxylic acids is 1. The highest BCUT2D eigenvalue weighted by Crippen LogP contribution is 2.16. The smallest absolute Gasteiger partial charge is 0.236 e. The molecule has 0 aliphatic heterocycles. The maximum Gasteiger partial charge on any atom is 0.236 e. The number of nitrogens with one attached hydrogen (secondary N) is 1. The van der Waals surface area contributed by atoms with Gasteiger partial charge < -0.3 is 10.2 Å². The summed E-state index contributed by atoms with van der Waals surface area (Å²) in [5, 5.41) is 5.59. The third-order valence-electron chi connectivity index (χ3n) is 3.36. The van der Waals surface area contributed by atoms with Gasteiger partial charge in [-0.3, -0.25) is 4.79 Å². The van der Waals surface area contributed by atoms with Gasteiger partial charge in [-0.25, -0.2) is 0 Å². The van der Waals surface area contributed by atoms with Crippen LogP contribution in [0.4, 0.5) is 0 Å². The van der Waals surface area contributed by atoms with E-state index >= 15 is 0 Å². The van der Waals surface area contributed by atoms with Gasteiger partial charge in [0, 0.05) is 13.6 Å². The number of fused-ring (bicyclic) bond motifs is 1. The SMILES string of the molecule is CCCNCC(=O)N(C)Cc1ccc2ccccc2c1. The van der Waals surface area contributed by atoms with Crippen LogP contribution in [0.1, 0.15) is 18.9 Å². The number of hydrogen-bond acceptors (Lipinski definition) is 2. The van der Waals surface area contributed by atoms with E-state index in [-0.39, 0.29) is 5.91 Å². The normalized spacial score (nSPS) is 10.7. The van der Waals surface area contributed by atoms with E-state index in [9.17, 15) is 4.79 Å². The molecule has 0 unspecified atom stereocenters. The molecule has 106 valence electrons. The molecule has 0 aromatic heterocycles. The largest absolute Gasteiger partial charge is 0.340 e. The molecule has 0 fully saturated rings. The van der Waals surface area contributed by atoms with Gasteiger partial charge >= 0.3 is 0 Å². The minimum Gasteiger partial charge on any atom is -0.340 e. The third kappa shape index (κ3) is 3.81. The Bertz CT molecular complexity index is 580. The number of nitrogens with zero attached hydrogens (tertiary/aromatic N) is 1. The van der Waals surface area contributed by atoms with Crippen LogP contribution in [0.2, 0.25) is 0 Å². The zero-order valence-electron chi connectivity index (χ0n) is 12.2. The van der Waals surface area contributed by atoms with E-state index < -0.39 is 0 Å². The Morgan fingerprint density at radius 3 is 2.65 bits per heavy atom. The second-order valence-electron chi connectivity index (χ2n) is 5.11. The molecular formula is C17H22N2O. The first-order valence-corrected chi connectivity index (χ1v) is 7.13. The van der Waals surface area contributed by atoms with Crippen LogP contribution in [0.25, 0.3) is 10.8 Å². The minimum atomic E-state index is 0.131. The average Bonchev–Trinajstić information content (AvgIpc) is 2.47. The highest BCUT2D eigenvalue weighted by Gasteiger charge is 2.08.